The summed E-state index contributed by atoms with van der Waals surface area (Å²) in [5, 5.41) is 0. The monoisotopic (exact) mass is 219 g/mol. The molecule has 1 atom stereocenters. The van der Waals surface area contributed by atoms with Crippen LogP contribution < -0.4 is 5.73 Å². The van der Waals surface area contributed by atoms with Crippen molar-refractivity contribution >= 4 is 9.84 Å². The summed E-state index contributed by atoms with van der Waals surface area (Å²) in [4.78, 5) is 0. The minimum absolute atomic E-state index is 0.177. The molecular formula is C10H21NO2S. The highest BCUT2D eigenvalue weighted by molar-refractivity contribution is 7.91. The first-order valence-corrected chi connectivity index (χ1v) is 6.93. The standard InChI is InChI=1S/C10H21NO2S/c1-9(2,3)4-5-10(11)6-7-14(12,13)8-10/h4-8,11H2,1-3H3. The molecular weight excluding hydrogens is 198 g/mol. The van der Waals surface area contributed by atoms with Crippen molar-refractivity contribution in [2.75, 3.05) is 11.5 Å². The summed E-state index contributed by atoms with van der Waals surface area (Å²) in [5.74, 6) is 0.448. The normalized spacial score (nSPS) is 32.0. The Balaban J connectivity index is 2.54. The summed E-state index contributed by atoms with van der Waals surface area (Å²) >= 11 is 0. The van der Waals surface area contributed by atoms with Gasteiger partial charge in [0.2, 0.25) is 0 Å². The Kier molecular flexibility index (Phi) is 2.99. The zero-order valence-corrected chi connectivity index (χ0v) is 10.2. The summed E-state index contributed by atoms with van der Waals surface area (Å²) in [6.07, 6.45) is 2.43. The van der Waals surface area contributed by atoms with Crippen LogP contribution in [0, 0.1) is 5.41 Å². The lowest BCUT2D eigenvalue weighted by atomic mass is 9.83. The number of sulfone groups is 1. The van der Waals surface area contributed by atoms with E-state index in [9.17, 15) is 8.42 Å². The van der Waals surface area contributed by atoms with Crippen molar-refractivity contribution in [2.24, 2.45) is 11.1 Å². The van der Waals surface area contributed by atoms with E-state index in [4.69, 9.17) is 5.73 Å². The van der Waals surface area contributed by atoms with Crippen molar-refractivity contribution < 1.29 is 8.42 Å². The fraction of sp³-hybridized carbons (Fsp3) is 1.00. The number of hydrogen-bond acceptors (Lipinski definition) is 3. The van der Waals surface area contributed by atoms with Crippen molar-refractivity contribution in [3.05, 3.63) is 0 Å². The van der Waals surface area contributed by atoms with E-state index in [-0.39, 0.29) is 16.9 Å². The molecule has 2 N–H and O–H groups in total. The third-order valence-corrected chi connectivity index (χ3v) is 4.63. The molecule has 4 heteroatoms. The lowest BCUT2D eigenvalue weighted by molar-refractivity contribution is 0.307. The molecule has 0 spiro atoms. The molecule has 0 aromatic carbocycles. The van der Waals surface area contributed by atoms with Crippen LogP contribution in [0.1, 0.15) is 40.0 Å². The Morgan fingerprint density at radius 3 is 2.29 bits per heavy atom. The SMILES string of the molecule is CC(C)(C)CCC1(N)CCS(=O)(=O)C1. The van der Waals surface area contributed by atoms with Crippen LogP contribution in [0.25, 0.3) is 0 Å². The predicted octanol–water partition coefficient (Wildman–Crippen LogP) is 1.33. The summed E-state index contributed by atoms with van der Waals surface area (Å²) in [6.45, 7) is 6.46. The highest BCUT2D eigenvalue weighted by Crippen LogP contribution is 2.30. The Morgan fingerprint density at radius 2 is 1.93 bits per heavy atom. The van der Waals surface area contributed by atoms with E-state index in [0.29, 0.717) is 6.42 Å². The molecule has 0 aromatic rings. The van der Waals surface area contributed by atoms with E-state index < -0.39 is 15.4 Å². The largest absolute Gasteiger partial charge is 0.324 e. The van der Waals surface area contributed by atoms with Crippen LogP contribution >= 0.6 is 0 Å². The van der Waals surface area contributed by atoms with Crippen molar-refractivity contribution in [1.29, 1.82) is 0 Å². The lowest BCUT2D eigenvalue weighted by Gasteiger charge is -2.27. The summed E-state index contributed by atoms with van der Waals surface area (Å²) < 4.78 is 22.6. The van der Waals surface area contributed by atoms with E-state index in [1.807, 2.05) is 0 Å². The molecule has 0 bridgehead atoms. The molecule has 1 rings (SSSR count). The lowest BCUT2D eigenvalue weighted by Crippen LogP contribution is -2.41. The van der Waals surface area contributed by atoms with Gasteiger partial charge in [-0.15, -0.1) is 0 Å². The van der Waals surface area contributed by atoms with Crippen molar-refractivity contribution in [1.82, 2.24) is 0 Å². The second-order valence-electron chi connectivity index (χ2n) is 5.77. The van der Waals surface area contributed by atoms with E-state index in [2.05, 4.69) is 20.8 Å². The van der Waals surface area contributed by atoms with Gasteiger partial charge < -0.3 is 5.73 Å². The van der Waals surface area contributed by atoms with Gasteiger partial charge >= 0.3 is 0 Å². The molecule has 1 aliphatic rings. The van der Waals surface area contributed by atoms with Crippen molar-refractivity contribution in [2.45, 2.75) is 45.6 Å². The zero-order chi connectivity index (χ0) is 11.0. The molecule has 1 saturated heterocycles. The quantitative estimate of drug-likeness (QED) is 0.762. The molecule has 1 aliphatic heterocycles. The highest BCUT2D eigenvalue weighted by Gasteiger charge is 2.39. The Labute approximate surface area is 87.0 Å². The fourth-order valence-corrected chi connectivity index (χ4v) is 3.79. The van der Waals surface area contributed by atoms with E-state index >= 15 is 0 Å². The summed E-state index contributed by atoms with van der Waals surface area (Å²) in [5.41, 5.74) is 5.85. The number of nitrogens with two attached hydrogens (primary N) is 1. The maximum absolute atomic E-state index is 11.3. The highest BCUT2D eigenvalue weighted by atomic mass is 32.2. The van der Waals surface area contributed by atoms with Crippen LogP contribution in [-0.2, 0) is 9.84 Å². The third-order valence-electron chi connectivity index (χ3n) is 2.79. The molecule has 14 heavy (non-hydrogen) atoms. The number of rotatable bonds is 2. The molecule has 1 fully saturated rings. The Hall–Kier alpha value is -0.0900. The molecule has 0 amide bonds. The minimum atomic E-state index is -2.85. The Bertz CT molecular complexity index is 303. The molecule has 84 valence electrons. The van der Waals surface area contributed by atoms with Gasteiger partial charge in [0.1, 0.15) is 0 Å². The predicted molar refractivity (Wildman–Crippen MR) is 58.9 cm³/mol. The molecule has 1 heterocycles. The number of hydrogen-bond donors (Lipinski definition) is 1. The van der Waals surface area contributed by atoms with Gasteiger partial charge in [-0.3, -0.25) is 0 Å². The van der Waals surface area contributed by atoms with Crippen LogP contribution in [0.2, 0.25) is 0 Å². The van der Waals surface area contributed by atoms with Crippen molar-refractivity contribution in [3.63, 3.8) is 0 Å². The maximum Gasteiger partial charge on any atom is 0.152 e. The average Bonchev–Trinajstić information content (AvgIpc) is 2.22. The van der Waals surface area contributed by atoms with Crippen LogP contribution in [0.5, 0.6) is 0 Å². The zero-order valence-electron chi connectivity index (χ0n) is 9.34. The smallest absolute Gasteiger partial charge is 0.152 e. The van der Waals surface area contributed by atoms with Gasteiger partial charge in [-0.25, -0.2) is 8.42 Å². The van der Waals surface area contributed by atoms with Gasteiger partial charge in [0, 0.05) is 5.54 Å². The minimum Gasteiger partial charge on any atom is -0.324 e. The summed E-state index contributed by atoms with van der Waals surface area (Å²) in [7, 11) is -2.85. The van der Waals surface area contributed by atoms with Gasteiger partial charge in [-0.2, -0.15) is 0 Å². The van der Waals surface area contributed by atoms with Gasteiger partial charge in [-0.1, -0.05) is 20.8 Å². The first-order valence-electron chi connectivity index (χ1n) is 5.11. The van der Waals surface area contributed by atoms with E-state index in [0.717, 1.165) is 12.8 Å². The molecule has 0 radical (unpaired) electrons. The topological polar surface area (TPSA) is 60.2 Å². The molecule has 1 unspecified atom stereocenters. The van der Waals surface area contributed by atoms with Gasteiger partial charge in [0.05, 0.1) is 11.5 Å². The van der Waals surface area contributed by atoms with Gasteiger partial charge in [0.15, 0.2) is 9.84 Å². The molecule has 0 aromatic heterocycles. The maximum atomic E-state index is 11.3. The first-order chi connectivity index (χ1) is 6.12. The van der Waals surface area contributed by atoms with Crippen LogP contribution in [0.15, 0.2) is 0 Å². The second kappa shape index (κ2) is 3.49. The van der Waals surface area contributed by atoms with Crippen molar-refractivity contribution in [3.8, 4) is 0 Å². The Morgan fingerprint density at radius 1 is 1.36 bits per heavy atom. The van der Waals surface area contributed by atoms with Crippen LogP contribution in [0.3, 0.4) is 0 Å². The van der Waals surface area contributed by atoms with E-state index in [1.54, 1.807) is 0 Å². The average molecular weight is 219 g/mol. The fourth-order valence-electron chi connectivity index (χ4n) is 1.76. The first kappa shape index (κ1) is 12.0. The van der Waals surface area contributed by atoms with Gasteiger partial charge in [-0.05, 0) is 24.7 Å². The molecule has 0 saturated carbocycles. The molecule has 0 aliphatic carbocycles. The van der Waals surface area contributed by atoms with Crippen LogP contribution in [-0.4, -0.2) is 25.5 Å². The van der Waals surface area contributed by atoms with E-state index in [1.165, 1.54) is 0 Å². The van der Waals surface area contributed by atoms with Crippen LogP contribution in [0.4, 0.5) is 0 Å². The third kappa shape index (κ3) is 3.58. The summed E-state index contributed by atoms with van der Waals surface area (Å²) in [6, 6.07) is 0. The van der Waals surface area contributed by atoms with Gasteiger partial charge in [0.25, 0.3) is 0 Å². The second-order valence-corrected chi connectivity index (χ2v) is 7.95. The molecule has 3 nitrogen and oxygen atoms in total.